The number of morpholine rings is 1. The molecule has 0 spiro atoms. The second-order valence-corrected chi connectivity index (χ2v) is 15.1. The summed E-state index contributed by atoms with van der Waals surface area (Å²) in [6.45, 7) is 3.75. The number of nitrogens with one attached hydrogen (secondary N) is 2. The highest BCUT2D eigenvalue weighted by Crippen LogP contribution is 2.28. The molecule has 12 nitrogen and oxygen atoms in total. The maximum absolute atomic E-state index is 13.9. The van der Waals surface area contributed by atoms with Gasteiger partial charge in [-0.1, -0.05) is 82.2 Å². The molecule has 13 heteroatoms. The third-order valence-corrected chi connectivity index (χ3v) is 11.1. The summed E-state index contributed by atoms with van der Waals surface area (Å²) in [6.07, 6.45) is 8.48. The van der Waals surface area contributed by atoms with E-state index in [0.29, 0.717) is 51.5 Å². The number of aromatic nitrogens is 2. The van der Waals surface area contributed by atoms with Crippen LogP contribution in [0.2, 0.25) is 0 Å². The summed E-state index contributed by atoms with van der Waals surface area (Å²) < 4.78 is 32.1. The van der Waals surface area contributed by atoms with Crippen LogP contribution in [0.25, 0.3) is 0 Å². The summed E-state index contributed by atoms with van der Waals surface area (Å²) in [5.74, 6) is -2.11. The molecular formula is C35H53N5O7S. The first-order chi connectivity index (χ1) is 23.2. The fraction of sp³-hybridized carbons (Fsp3) is 0.657. The van der Waals surface area contributed by atoms with E-state index in [-0.39, 0.29) is 11.6 Å². The van der Waals surface area contributed by atoms with E-state index < -0.39 is 57.7 Å². The monoisotopic (exact) mass is 687 g/mol. The summed E-state index contributed by atoms with van der Waals surface area (Å²) in [7, 11) is -4.03. The van der Waals surface area contributed by atoms with Gasteiger partial charge in [0.2, 0.25) is 26.8 Å². The molecule has 2 amide bonds. The number of benzene rings is 1. The molecule has 1 unspecified atom stereocenters. The Labute approximate surface area is 285 Å². The van der Waals surface area contributed by atoms with Gasteiger partial charge in [0.1, 0.15) is 18.3 Å². The average Bonchev–Trinajstić information content (AvgIpc) is 3.12. The maximum Gasteiger partial charge on any atom is 0.247 e. The summed E-state index contributed by atoms with van der Waals surface area (Å²) in [6, 6.07) is 9.64. The molecule has 2 fully saturated rings. The van der Waals surface area contributed by atoms with Crippen molar-refractivity contribution in [2.75, 3.05) is 32.1 Å². The minimum absolute atomic E-state index is 0.128. The van der Waals surface area contributed by atoms with Crippen molar-refractivity contribution in [1.82, 2.24) is 25.5 Å². The molecule has 4 rings (SSSR count). The van der Waals surface area contributed by atoms with E-state index in [9.17, 15) is 28.2 Å². The first-order valence-electron chi connectivity index (χ1n) is 17.5. The molecule has 5 atom stereocenters. The van der Waals surface area contributed by atoms with E-state index >= 15 is 0 Å². The number of unbranched alkanes of at least 4 members (excludes halogenated alkanes) is 1. The molecule has 48 heavy (non-hydrogen) atoms. The average molecular weight is 688 g/mol. The van der Waals surface area contributed by atoms with Crippen LogP contribution in [0.15, 0.2) is 53.9 Å². The lowest BCUT2D eigenvalue weighted by Gasteiger charge is -2.39. The van der Waals surface area contributed by atoms with Crippen LogP contribution in [-0.4, -0.2) is 102 Å². The van der Waals surface area contributed by atoms with E-state index in [4.69, 9.17) is 4.74 Å². The summed E-state index contributed by atoms with van der Waals surface area (Å²) in [5.41, 5.74) is 0.772. The number of carbonyl (C=O) groups is 2. The van der Waals surface area contributed by atoms with Crippen LogP contribution < -0.4 is 10.6 Å². The number of aliphatic hydroxyl groups excluding tert-OH is 2. The van der Waals surface area contributed by atoms with E-state index in [2.05, 4.69) is 20.6 Å². The zero-order chi connectivity index (χ0) is 34.4. The number of nitrogens with zero attached hydrogens (tertiary/aromatic N) is 3. The quantitative estimate of drug-likeness (QED) is 0.171. The third kappa shape index (κ3) is 11.6. The molecule has 4 N–H and O–H groups in total. The molecule has 1 aromatic carbocycles. The van der Waals surface area contributed by atoms with Crippen LogP contribution in [0, 0.1) is 11.8 Å². The van der Waals surface area contributed by atoms with Gasteiger partial charge in [0.05, 0.1) is 31.0 Å². The Morgan fingerprint density at radius 1 is 0.958 bits per heavy atom. The number of aliphatic hydroxyl groups is 2. The van der Waals surface area contributed by atoms with Crippen molar-refractivity contribution >= 4 is 21.7 Å². The fourth-order valence-corrected chi connectivity index (χ4v) is 8.03. The molecule has 1 aliphatic carbocycles. The molecule has 1 saturated carbocycles. The standard InChI is InChI=1S/C35H53N5O7S/c1-2-3-15-29(38-33(43)28(24-27-13-8-5-9-14-27)25-48(45,46)35-36-18-10-19-37-35)34(44)39-32(40-20-22-47-23-21-40)31(42)30(41)17-16-26-11-6-4-7-12-26/h5,8-10,13-14,18-19,26,28-32,41-42H,2-4,6-7,11-12,15-17,20-25H2,1H3,(H,38,43)(H,39,44)/t28-,29+,30-,31-,32?/m1/s1. The number of hydrogen-bond acceptors (Lipinski definition) is 10. The summed E-state index contributed by atoms with van der Waals surface area (Å²) in [5, 5.41) is 28.0. The Bertz CT molecular complexity index is 1360. The van der Waals surface area contributed by atoms with Crippen molar-refractivity contribution in [1.29, 1.82) is 0 Å². The molecule has 0 radical (unpaired) electrons. The second kappa shape index (κ2) is 19.3. The highest BCUT2D eigenvalue weighted by atomic mass is 32.2. The Morgan fingerprint density at radius 3 is 2.31 bits per heavy atom. The maximum atomic E-state index is 13.9. The van der Waals surface area contributed by atoms with Crippen molar-refractivity contribution in [3.8, 4) is 0 Å². The van der Waals surface area contributed by atoms with E-state index in [1.807, 2.05) is 42.2 Å². The molecule has 1 aromatic heterocycles. The largest absolute Gasteiger partial charge is 0.390 e. The van der Waals surface area contributed by atoms with Gasteiger partial charge >= 0.3 is 0 Å². The van der Waals surface area contributed by atoms with Gasteiger partial charge < -0.3 is 25.6 Å². The Hall–Kier alpha value is -2.97. The van der Waals surface area contributed by atoms with Crippen LogP contribution >= 0.6 is 0 Å². The predicted octanol–water partition coefficient (Wildman–Crippen LogP) is 2.64. The number of carbonyl (C=O) groups excluding carboxylic acids is 2. The zero-order valence-electron chi connectivity index (χ0n) is 28.1. The van der Waals surface area contributed by atoms with Gasteiger partial charge in [0.15, 0.2) is 0 Å². The Balaban J connectivity index is 1.50. The molecular weight excluding hydrogens is 634 g/mol. The van der Waals surface area contributed by atoms with Crippen molar-refractivity contribution < 1.29 is 33.0 Å². The summed E-state index contributed by atoms with van der Waals surface area (Å²) in [4.78, 5) is 37.5. The van der Waals surface area contributed by atoms with Gasteiger partial charge in [0.25, 0.3) is 0 Å². The predicted molar refractivity (Wildman–Crippen MR) is 181 cm³/mol. The zero-order valence-corrected chi connectivity index (χ0v) is 28.9. The first kappa shape index (κ1) is 37.8. The number of rotatable bonds is 18. The molecule has 2 heterocycles. The van der Waals surface area contributed by atoms with Gasteiger partial charge in [-0.3, -0.25) is 14.5 Å². The third-order valence-electron chi connectivity index (χ3n) is 9.46. The molecule has 2 aromatic rings. The minimum Gasteiger partial charge on any atom is -0.390 e. The van der Waals surface area contributed by atoms with Crippen molar-refractivity contribution in [3.63, 3.8) is 0 Å². The van der Waals surface area contributed by atoms with Crippen molar-refractivity contribution in [2.45, 2.75) is 107 Å². The minimum atomic E-state index is -4.03. The number of sulfone groups is 1. The van der Waals surface area contributed by atoms with Gasteiger partial charge in [-0.05, 0) is 43.2 Å². The lowest BCUT2D eigenvalue weighted by molar-refractivity contribution is -0.135. The van der Waals surface area contributed by atoms with Gasteiger partial charge in [-0.25, -0.2) is 18.4 Å². The highest BCUT2D eigenvalue weighted by molar-refractivity contribution is 7.91. The van der Waals surface area contributed by atoms with E-state index in [1.165, 1.54) is 37.7 Å². The van der Waals surface area contributed by atoms with Crippen molar-refractivity contribution in [2.24, 2.45) is 11.8 Å². The second-order valence-electron chi connectivity index (χ2n) is 13.1. The lowest BCUT2D eigenvalue weighted by Crippen LogP contribution is -2.63. The number of amides is 2. The number of hydrogen-bond donors (Lipinski definition) is 4. The first-order valence-corrected chi connectivity index (χ1v) is 19.2. The molecule has 1 saturated heterocycles. The van der Waals surface area contributed by atoms with Gasteiger partial charge in [-0.15, -0.1) is 0 Å². The van der Waals surface area contributed by atoms with E-state index in [1.54, 1.807) is 0 Å². The lowest BCUT2D eigenvalue weighted by atomic mass is 9.85. The molecule has 266 valence electrons. The molecule has 2 aliphatic rings. The Kier molecular flexibility index (Phi) is 15.2. The van der Waals surface area contributed by atoms with Crippen LogP contribution in [0.5, 0.6) is 0 Å². The van der Waals surface area contributed by atoms with Crippen LogP contribution in [-0.2, 0) is 30.6 Å². The SMILES string of the molecule is CCCC[C@H](NC(=O)[C@H](Cc1ccccc1)CS(=O)(=O)c1ncccn1)C(=O)NC([C@H](O)[C@H](O)CCC1CCCCC1)N1CCOCC1. The smallest absolute Gasteiger partial charge is 0.247 e. The number of ether oxygens (including phenoxy) is 1. The normalized spacial score (nSPS) is 19.5. The summed E-state index contributed by atoms with van der Waals surface area (Å²) >= 11 is 0. The Morgan fingerprint density at radius 2 is 1.65 bits per heavy atom. The molecule has 0 bridgehead atoms. The van der Waals surface area contributed by atoms with E-state index in [0.717, 1.165) is 31.2 Å². The van der Waals surface area contributed by atoms with Gasteiger partial charge in [0, 0.05) is 25.5 Å². The fourth-order valence-electron chi connectivity index (χ4n) is 6.64. The van der Waals surface area contributed by atoms with Gasteiger partial charge in [-0.2, -0.15) is 0 Å². The highest BCUT2D eigenvalue weighted by Gasteiger charge is 2.37. The van der Waals surface area contributed by atoms with Crippen LogP contribution in [0.1, 0.15) is 76.7 Å². The van der Waals surface area contributed by atoms with Crippen LogP contribution in [0.4, 0.5) is 0 Å². The molecule has 1 aliphatic heterocycles. The van der Waals surface area contributed by atoms with Crippen molar-refractivity contribution in [3.05, 3.63) is 54.4 Å². The van der Waals surface area contributed by atoms with Crippen LogP contribution in [0.3, 0.4) is 0 Å². The topological polar surface area (TPSA) is 171 Å².